The number of carbonyl (C=O) groups excluding carboxylic acids is 1. The first-order valence-electron chi connectivity index (χ1n) is 5.85. The van der Waals surface area contributed by atoms with Gasteiger partial charge in [0, 0.05) is 17.4 Å². The van der Waals surface area contributed by atoms with Gasteiger partial charge in [0.05, 0.1) is 0 Å². The molecule has 0 aliphatic carbocycles. The predicted octanol–water partition coefficient (Wildman–Crippen LogP) is 2.16. The Morgan fingerprint density at radius 1 is 1.47 bits per heavy atom. The quantitative estimate of drug-likeness (QED) is 0.845. The van der Waals surface area contributed by atoms with E-state index in [-0.39, 0.29) is 5.91 Å². The van der Waals surface area contributed by atoms with Crippen molar-refractivity contribution < 1.29 is 4.79 Å². The van der Waals surface area contributed by atoms with Crippen molar-refractivity contribution in [3.63, 3.8) is 0 Å². The topological polar surface area (TPSA) is 55.1 Å². The monoisotopic (exact) mass is 298 g/mol. The highest BCUT2D eigenvalue weighted by Gasteiger charge is 2.02. The van der Waals surface area contributed by atoms with Gasteiger partial charge in [0.25, 0.3) is 0 Å². The standard InChI is InChI=1S/C13H19BrN2O/c1-10-4-5-12(14)9-11(10)6-8-16-13(17)3-2-7-15/h4-5,9H,2-3,6-8,15H2,1H3,(H,16,17). The number of hydrogen-bond acceptors (Lipinski definition) is 2. The molecule has 1 aromatic rings. The van der Waals surface area contributed by atoms with Gasteiger partial charge < -0.3 is 11.1 Å². The molecular weight excluding hydrogens is 280 g/mol. The van der Waals surface area contributed by atoms with Gasteiger partial charge in [0.2, 0.25) is 5.91 Å². The summed E-state index contributed by atoms with van der Waals surface area (Å²) in [5.74, 6) is 0.0862. The highest BCUT2D eigenvalue weighted by molar-refractivity contribution is 9.10. The molecule has 0 heterocycles. The number of rotatable bonds is 6. The van der Waals surface area contributed by atoms with Crippen LogP contribution >= 0.6 is 15.9 Å². The zero-order valence-corrected chi connectivity index (χ0v) is 11.7. The summed E-state index contributed by atoms with van der Waals surface area (Å²) in [6, 6.07) is 6.20. The maximum atomic E-state index is 11.4. The third-order valence-electron chi connectivity index (χ3n) is 2.64. The molecule has 0 atom stereocenters. The van der Waals surface area contributed by atoms with Crippen molar-refractivity contribution in [3.05, 3.63) is 33.8 Å². The molecule has 0 aliphatic heterocycles. The fourth-order valence-corrected chi connectivity index (χ4v) is 2.01. The minimum absolute atomic E-state index is 0.0862. The zero-order valence-electron chi connectivity index (χ0n) is 10.1. The third kappa shape index (κ3) is 5.33. The van der Waals surface area contributed by atoms with E-state index in [0.717, 1.165) is 17.3 Å². The smallest absolute Gasteiger partial charge is 0.220 e. The number of hydrogen-bond donors (Lipinski definition) is 2. The second kappa shape index (κ2) is 7.45. The second-order valence-corrected chi connectivity index (χ2v) is 4.98. The molecule has 0 spiro atoms. The van der Waals surface area contributed by atoms with E-state index in [4.69, 9.17) is 5.73 Å². The van der Waals surface area contributed by atoms with Gasteiger partial charge in [-0.25, -0.2) is 0 Å². The van der Waals surface area contributed by atoms with E-state index in [1.165, 1.54) is 11.1 Å². The maximum absolute atomic E-state index is 11.4. The molecule has 17 heavy (non-hydrogen) atoms. The van der Waals surface area contributed by atoms with Crippen molar-refractivity contribution in [3.8, 4) is 0 Å². The zero-order chi connectivity index (χ0) is 12.7. The molecule has 0 fully saturated rings. The highest BCUT2D eigenvalue weighted by atomic mass is 79.9. The van der Waals surface area contributed by atoms with E-state index in [9.17, 15) is 4.79 Å². The average Bonchev–Trinajstić information content (AvgIpc) is 2.31. The van der Waals surface area contributed by atoms with Gasteiger partial charge in [-0.15, -0.1) is 0 Å². The third-order valence-corrected chi connectivity index (χ3v) is 3.13. The molecule has 1 aromatic carbocycles. The van der Waals surface area contributed by atoms with Crippen molar-refractivity contribution in [2.45, 2.75) is 26.2 Å². The van der Waals surface area contributed by atoms with Crippen molar-refractivity contribution in [2.75, 3.05) is 13.1 Å². The Labute approximate surface area is 111 Å². The van der Waals surface area contributed by atoms with E-state index in [1.54, 1.807) is 0 Å². The molecule has 0 aromatic heterocycles. The molecular formula is C13H19BrN2O. The number of carbonyl (C=O) groups is 1. The van der Waals surface area contributed by atoms with Crippen LogP contribution in [0.3, 0.4) is 0 Å². The summed E-state index contributed by atoms with van der Waals surface area (Å²) >= 11 is 3.45. The molecule has 94 valence electrons. The summed E-state index contributed by atoms with van der Waals surface area (Å²) < 4.78 is 1.08. The normalized spacial score (nSPS) is 10.3. The average molecular weight is 299 g/mol. The molecule has 0 aliphatic rings. The number of benzene rings is 1. The Balaban J connectivity index is 2.35. The van der Waals surface area contributed by atoms with Crippen LogP contribution in [0.15, 0.2) is 22.7 Å². The van der Waals surface area contributed by atoms with E-state index in [0.29, 0.717) is 19.5 Å². The summed E-state index contributed by atoms with van der Waals surface area (Å²) in [5.41, 5.74) is 7.86. The molecule has 1 amide bonds. The number of halogens is 1. The number of aryl methyl sites for hydroxylation is 1. The van der Waals surface area contributed by atoms with Gasteiger partial charge in [-0.2, -0.15) is 0 Å². The van der Waals surface area contributed by atoms with Crippen LogP contribution in [-0.4, -0.2) is 19.0 Å². The van der Waals surface area contributed by atoms with Crippen molar-refractivity contribution in [2.24, 2.45) is 5.73 Å². The van der Waals surface area contributed by atoms with Crippen molar-refractivity contribution >= 4 is 21.8 Å². The lowest BCUT2D eigenvalue weighted by molar-refractivity contribution is -0.121. The Bertz CT molecular complexity index is 380. The predicted molar refractivity (Wildman–Crippen MR) is 73.9 cm³/mol. The van der Waals surface area contributed by atoms with E-state index in [2.05, 4.69) is 40.3 Å². The molecule has 3 nitrogen and oxygen atoms in total. The summed E-state index contributed by atoms with van der Waals surface area (Å²) in [4.78, 5) is 11.4. The van der Waals surface area contributed by atoms with Gasteiger partial charge in [-0.05, 0) is 49.6 Å². The van der Waals surface area contributed by atoms with Crippen molar-refractivity contribution in [1.29, 1.82) is 0 Å². The first-order chi connectivity index (χ1) is 8.13. The van der Waals surface area contributed by atoms with Crippen LogP contribution in [0.25, 0.3) is 0 Å². The Morgan fingerprint density at radius 3 is 2.94 bits per heavy atom. The lowest BCUT2D eigenvalue weighted by Gasteiger charge is -2.08. The van der Waals surface area contributed by atoms with Gasteiger partial charge in [-0.1, -0.05) is 22.0 Å². The highest BCUT2D eigenvalue weighted by Crippen LogP contribution is 2.16. The van der Waals surface area contributed by atoms with Crippen molar-refractivity contribution in [1.82, 2.24) is 5.32 Å². The number of amides is 1. The lowest BCUT2D eigenvalue weighted by atomic mass is 10.1. The van der Waals surface area contributed by atoms with Crippen LogP contribution in [0.4, 0.5) is 0 Å². The van der Waals surface area contributed by atoms with E-state index >= 15 is 0 Å². The van der Waals surface area contributed by atoms with Crippen LogP contribution in [0.2, 0.25) is 0 Å². The summed E-state index contributed by atoms with van der Waals surface area (Å²) in [6.45, 7) is 3.33. The molecule has 0 saturated carbocycles. The van der Waals surface area contributed by atoms with Gasteiger partial charge in [0.1, 0.15) is 0 Å². The summed E-state index contributed by atoms with van der Waals surface area (Å²) in [6.07, 6.45) is 2.13. The Hall–Kier alpha value is -0.870. The minimum Gasteiger partial charge on any atom is -0.356 e. The first kappa shape index (κ1) is 14.2. The van der Waals surface area contributed by atoms with Crippen LogP contribution < -0.4 is 11.1 Å². The molecule has 0 radical (unpaired) electrons. The number of nitrogens with one attached hydrogen (secondary N) is 1. The maximum Gasteiger partial charge on any atom is 0.220 e. The van der Waals surface area contributed by atoms with Crippen LogP contribution in [0.5, 0.6) is 0 Å². The fraction of sp³-hybridized carbons (Fsp3) is 0.462. The Morgan fingerprint density at radius 2 is 2.24 bits per heavy atom. The largest absolute Gasteiger partial charge is 0.356 e. The van der Waals surface area contributed by atoms with Gasteiger partial charge in [-0.3, -0.25) is 4.79 Å². The molecule has 0 bridgehead atoms. The first-order valence-corrected chi connectivity index (χ1v) is 6.64. The molecule has 0 unspecified atom stereocenters. The summed E-state index contributed by atoms with van der Waals surface area (Å²) in [5, 5.41) is 2.90. The van der Waals surface area contributed by atoms with Crippen LogP contribution in [-0.2, 0) is 11.2 Å². The van der Waals surface area contributed by atoms with Gasteiger partial charge in [0.15, 0.2) is 0 Å². The van der Waals surface area contributed by atoms with E-state index < -0.39 is 0 Å². The molecule has 4 heteroatoms. The summed E-state index contributed by atoms with van der Waals surface area (Å²) in [7, 11) is 0. The lowest BCUT2D eigenvalue weighted by Crippen LogP contribution is -2.26. The molecule has 0 saturated heterocycles. The molecule has 3 N–H and O–H groups in total. The second-order valence-electron chi connectivity index (χ2n) is 4.06. The van der Waals surface area contributed by atoms with Crippen LogP contribution in [0.1, 0.15) is 24.0 Å². The fourth-order valence-electron chi connectivity index (χ4n) is 1.60. The van der Waals surface area contributed by atoms with Gasteiger partial charge >= 0.3 is 0 Å². The molecule has 1 rings (SSSR count). The number of nitrogens with two attached hydrogens (primary N) is 1. The van der Waals surface area contributed by atoms with E-state index in [1.807, 2.05) is 6.07 Å². The SMILES string of the molecule is Cc1ccc(Br)cc1CCNC(=O)CCCN. The minimum atomic E-state index is 0.0862. The Kier molecular flexibility index (Phi) is 6.22. The van der Waals surface area contributed by atoms with Crippen LogP contribution in [0, 0.1) is 6.92 Å².